The zero-order chi connectivity index (χ0) is 10.8. The lowest BCUT2D eigenvalue weighted by atomic mass is 10.2. The number of rotatable bonds is 3. The lowest BCUT2D eigenvalue weighted by Gasteiger charge is -2.01. The molecule has 0 fully saturated rings. The maximum atomic E-state index is 10.6. The molecular formula is C8H11NO4P+. The Morgan fingerprint density at radius 1 is 1.57 bits per heavy atom. The summed E-state index contributed by atoms with van der Waals surface area (Å²) in [6, 6.07) is 3.44. The lowest BCUT2D eigenvalue weighted by molar-refractivity contribution is -0.865. The largest absolute Gasteiger partial charge is 0.581 e. The van der Waals surface area contributed by atoms with Crippen LogP contribution in [0.4, 0.5) is 0 Å². The van der Waals surface area contributed by atoms with Gasteiger partial charge in [-0.25, -0.2) is 4.57 Å². The Bertz CT molecular complexity index is 398. The smallest absolute Gasteiger partial charge is 0.290 e. The maximum Gasteiger partial charge on any atom is 0.581 e. The van der Waals surface area contributed by atoms with Crippen molar-refractivity contribution in [1.82, 2.24) is 0 Å². The number of pyridine rings is 1. The highest BCUT2D eigenvalue weighted by Crippen LogP contribution is 2.29. The molecule has 0 amide bonds. The molecule has 1 aromatic heterocycles. The molecule has 76 valence electrons. The summed E-state index contributed by atoms with van der Waals surface area (Å²) in [6.07, 6.45) is 3.00. The van der Waals surface area contributed by atoms with Crippen LogP contribution in [0.5, 0.6) is 0 Å². The normalized spacial score (nSPS) is 11.1. The van der Waals surface area contributed by atoms with Crippen LogP contribution in [-0.2, 0) is 4.57 Å². The molecule has 1 rings (SSSR count). The first-order valence-electron chi connectivity index (χ1n) is 3.83. The van der Waals surface area contributed by atoms with Crippen LogP contribution in [0.2, 0.25) is 0 Å². The van der Waals surface area contributed by atoms with E-state index in [9.17, 15) is 4.57 Å². The molecule has 0 radical (unpaired) electrons. The summed E-state index contributed by atoms with van der Waals surface area (Å²) in [5, 5.41) is 0. The third-order valence-electron chi connectivity index (χ3n) is 1.56. The van der Waals surface area contributed by atoms with E-state index >= 15 is 0 Å². The summed E-state index contributed by atoms with van der Waals surface area (Å²) < 4.78 is 16.0. The number of aryl methyl sites for hydroxylation is 1. The second-order valence-electron chi connectivity index (χ2n) is 2.71. The Kier molecular flexibility index (Phi) is 3.06. The Morgan fingerprint density at radius 3 is 2.71 bits per heavy atom. The van der Waals surface area contributed by atoms with E-state index in [1.54, 1.807) is 25.1 Å². The van der Waals surface area contributed by atoms with Gasteiger partial charge in [0.25, 0.3) is 0 Å². The molecule has 14 heavy (non-hydrogen) atoms. The zero-order valence-electron chi connectivity index (χ0n) is 7.62. The van der Waals surface area contributed by atoms with E-state index in [4.69, 9.17) is 9.79 Å². The van der Waals surface area contributed by atoms with Gasteiger partial charge in [-0.3, -0.25) is 9.79 Å². The number of hydrogen-bond donors (Lipinski definition) is 2. The van der Waals surface area contributed by atoms with E-state index in [1.165, 1.54) is 6.20 Å². The molecule has 0 aliphatic carbocycles. The van der Waals surface area contributed by atoms with Gasteiger partial charge in [0.05, 0.1) is 0 Å². The summed E-state index contributed by atoms with van der Waals surface area (Å²) in [7, 11) is -4.52. The molecule has 0 unspecified atom stereocenters. The van der Waals surface area contributed by atoms with Crippen LogP contribution in [0, 0.1) is 6.92 Å². The number of aromatic nitrogens is 1. The number of nitrogens with zero attached hydrogens (tertiary/aromatic N) is 1. The molecule has 6 heteroatoms. The van der Waals surface area contributed by atoms with Gasteiger partial charge in [-0.15, -0.1) is 0 Å². The van der Waals surface area contributed by atoms with Gasteiger partial charge in [0, 0.05) is 23.3 Å². The molecule has 0 bridgehead atoms. The van der Waals surface area contributed by atoms with Crippen molar-refractivity contribution >= 4 is 13.9 Å². The van der Waals surface area contributed by atoms with E-state index in [2.05, 4.69) is 11.2 Å². The van der Waals surface area contributed by atoms with Crippen LogP contribution in [0.25, 0.3) is 6.08 Å². The minimum Gasteiger partial charge on any atom is -0.290 e. The van der Waals surface area contributed by atoms with Crippen molar-refractivity contribution in [1.29, 1.82) is 0 Å². The average molecular weight is 216 g/mol. The second kappa shape index (κ2) is 3.92. The first-order valence-corrected chi connectivity index (χ1v) is 5.36. The van der Waals surface area contributed by atoms with Crippen LogP contribution in [0.1, 0.15) is 11.3 Å². The van der Waals surface area contributed by atoms with E-state index in [1.807, 2.05) is 0 Å². The highest BCUT2D eigenvalue weighted by atomic mass is 31.2. The van der Waals surface area contributed by atoms with Crippen molar-refractivity contribution < 1.29 is 23.7 Å². The molecular weight excluding hydrogens is 205 g/mol. The highest BCUT2D eigenvalue weighted by Gasteiger charge is 2.24. The number of hydrogen-bond acceptors (Lipinski definition) is 2. The van der Waals surface area contributed by atoms with Crippen LogP contribution in [0.3, 0.4) is 0 Å². The summed E-state index contributed by atoms with van der Waals surface area (Å²) in [5.41, 5.74) is 1.29. The minimum atomic E-state index is -4.52. The van der Waals surface area contributed by atoms with E-state index < -0.39 is 7.82 Å². The van der Waals surface area contributed by atoms with Crippen LogP contribution in [-0.4, -0.2) is 9.79 Å². The first kappa shape index (κ1) is 10.9. The molecule has 0 aliphatic rings. The molecule has 0 atom stereocenters. The Morgan fingerprint density at radius 2 is 2.21 bits per heavy atom. The quantitative estimate of drug-likeness (QED) is 0.568. The second-order valence-corrected chi connectivity index (χ2v) is 3.85. The molecule has 0 saturated heterocycles. The topological polar surface area (TPSA) is 70.6 Å². The number of phosphoric acid groups is 1. The predicted octanol–water partition coefficient (Wildman–Crippen LogP) is 0.447. The van der Waals surface area contributed by atoms with Crippen molar-refractivity contribution in [3.8, 4) is 0 Å². The highest BCUT2D eigenvalue weighted by molar-refractivity contribution is 7.46. The van der Waals surface area contributed by atoms with E-state index in [0.29, 0.717) is 11.3 Å². The minimum absolute atomic E-state index is 0.582. The Hall–Kier alpha value is -1.16. The van der Waals surface area contributed by atoms with Crippen molar-refractivity contribution in [2.75, 3.05) is 0 Å². The molecule has 5 nitrogen and oxygen atoms in total. The Labute approximate surface area is 81.5 Å². The van der Waals surface area contributed by atoms with Gasteiger partial charge in [-0.2, -0.15) is 4.62 Å². The fraction of sp³-hybridized carbons (Fsp3) is 0.125. The molecule has 0 spiro atoms. The SMILES string of the molecule is C=Cc1ccc(C)[n+](OP(=O)(O)O)c1. The molecule has 1 heterocycles. The monoisotopic (exact) mass is 216 g/mol. The fourth-order valence-electron chi connectivity index (χ4n) is 0.894. The van der Waals surface area contributed by atoms with Crippen molar-refractivity contribution in [3.05, 3.63) is 36.2 Å². The van der Waals surface area contributed by atoms with Gasteiger partial charge in [0.1, 0.15) is 0 Å². The van der Waals surface area contributed by atoms with Crippen LogP contribution in [0.15, 0.2) is 24.9 Å². The summed E-state index contributed by atoms with van der Waals surface area (Å²) in [5.74, 6) is 0. The summed E-state index contributed by atoms with van der Waals surface area (Å²) in [6.45, 7) is 5.20. The maximum absolute atomic E-state index is 10.6. The fourth-order valence-corrected chi connectivity index (χ4v) is 1.30. The predicted molar refractivity (Wildman–Crippen MR) is 50.1 cm³/mol. The lowest BCUT2D eigenvalue weighted by Crippen LogP contribution is -2.43. The average Bonchev–Trinajstić information content (AvgIpc) is 2.06. The zero-order valence-corrected chi connectivity index (χ0v) is 8.52. The van der Waals surface area contributed by atoms with Crippen LogP contribution >= 0.6 is 7.82 Å². The third-order valence-corrected chi connectivity index (χ3v) is 1.95. The van der Waals surface area contributed by atoms with Gasteiger partial charge in [-0.05, 0) is 6.07 Å². The van der Waals surface area contributed by atoms with Gasteiger partial charge in [-0.1, -0.05) is 12.7 Å². The standard InChI is InChI=1S/C8H10NO4P/c1-3-8-5-4-7(2)9(6-8)13-14(10,11)12/h3-6H,1H2,2H3,(H-,10,11,12)/p+1. The van der Waals surface area contributed by atoms with Gasteiger partial charge in [0.15, 0.2) is 0 Å². The third kappa shape index (κ3) is 2.96. The van der Waals surface area contributed by atoms with Crippen molar-refractivity contribution in [3.63, 3.8) is 0 Å². The van der Waals surface area contributed by atoms with E-state index in [-0.39, 0.29) is 0 Å². The van der Waals surface area contributed by atoms with E-state index in [0.717, 1.165) is 4.73 Å². The molecule has 2 N–H and O–H groups in total. The summed E-state index contributed by atoms with van der Waals surface area (Å²) in [4.78, 5) is 17.2. The van der Waals surface area contributed by atoms with Gasteiger partial charge in [0.2, 0.25) is 11.9 Å². The molecule has 0 saturated carbocycles. The van der Waals surface area contributed by atoms with Crippen molar-refractivity contribution in [2.24, 2.45) is 0 Å². The molecule has 0 aliphatic heterocycles. The molecule has 1 aromatic rings. The molecule has 0 aromatic carbocycles. The first-order chi connectivity index (χ1) is 6.42. The van der Waals surface area contributed by atoms with Gasteiger partial charge < -0.3 is 0 Å². The van der Waals surface area contributed by atoms with Crippen LogP contribution < -0.4 is 9.35 Å². The Balaban J connectivity index is 3.07. The summed E-state index contributed by atoms with van der Waals surface area (Å²) >= 11 is 0. The van der Waals surface area contributed by atoms with Gasteiger partial charge >= 0.3 is 7.82 Å². The van der Waals surface area contributed by atoms with Crippen molar-refractivity contribution in [2.45, 2.75) is 6.92 Å².